The molecule has 9 heteroatoms. The van der Waals surface area contributed by atoms with Gasteiger partial charge in [-0.05, 0) is 6.42 Å². The van der Waals surface area contributed by atoms with Crippen LogP contribution in [-0.2, 0) is 9.47 Å². The van der Waals surface area contributed by atoms with Crippen molar-refractivity contribution in [2.75, 3.05) is 19.0 Å². The van der Waals surface area contributed by atoms with E-state index >= 15 is 0 Å². The molecule has 0 aliphatic carbocycles. The van der Waals surface area contributed by atoms with Crippen molar-refractivity contribution in [1.29, 1.82) is 0 Å². The SMILES string of the molecule is CCCN(CS)C(=O)O[C@@H]1O[C@H](CO)[C@@H](O)[C@H](O)[C@H]1F. The fourth-order valence-electron chi connectivity index (χ4n) is 1.80. The molecule has 0 aromatic rings. The van der Waals surface area contributed by atoms with Gasteiger partial charge in [-0.15, -0.1) is 0 Å². The van der Waals surface area contributed by atoms with Crippen molar-refractivity contribution < 1.29 is 34.0 Å². The maximum absolute atomic E-state index is 13.8. The first-order valence-corrected chi connectivity index (χ1v) is 6.92. The van der Waals surface area contributed by atoms with Crippen molar-refractivity contribution in [3.8, 4) is 0 Å². The topological polar surface area (TPSA) is 99.5 Å². The Hall–Kier alpha value is -0.610. The highest BCUT2D eigenvalue weighted by atomic mass is 32.1. The van der Waals surface area contributed by atoms with Gasteiger partial charge < -0.3 is 24.8 Å². The number of aliphatic hydroxyl groups excluding tert-OH is 3. The van der Waals surface area contributed by atoms with Gasteiger partial charge in [0.15, 0.2) is 6.17 Å². The fraction of sp³-hybridized carbons (Fsp3) is 0.909. The molecule has 1 aliphatic rings. The van der Waals surface area contributed by atoms with Crippen molar-refractivity contribution in [2.45, 2.75) is 44.1 Å². The molecular formula is C11H20FNO6S. The van der Waals surface area contributed by atoms with E-state index in [9.17, 15) is 19.4 Å². The van der Waals surface area contributed by atoms with E-state index in [2.05, 4.69) is 12.6 Å². The third kappa shape index (κ3) is 3.95. The van der Waals surface area contributed by atoms with Crippen LogP contribution in [0.5, 0.6) is 0 Å². The second-order valence-electron chi connectivity index (χ2n) is 4.44. The van der Waals surface area contributed by atoms with E-state index in [4.69, 9.17) is 14.6 Å². The fourth-order valence-corrected chi connectivity index (χ4v) is 2.06. The lowest BCUT2D eigenvalue weighted by atomic mass is 10.0. The van der Waals surface area contributed by atoms with E-state index in [1.807, 2.05) is 6.92 Å². The Labute approximate surface area is 121 Å². The molecule has 20 heavy (non-hydrogen) atoms. The Morgan fingerprint density at radius 2 is 2.10 bits per heavy atom. The molecule has 0 unspecified atom stereocenters. The second-order valence-corrected chi connectivity index (χ2v) is 4.72. The molecule has 1 saturated heterocycles. The first-order chi connectivity index (χ1) is 9.46. The van der Waals surface area contributed by atoms with E-state index in [0.29, 0.717) is 13.0 Å². The summed E-state index contributed by atoms with van der Waals surface area (Å²) in [6, 6.07) is 0. The maximum atomic E-state index is 13.8. The molecule has 0 saturated carbocycles. The van der Waals surface area contributed by atoms with E-state index in [1.165, 1.54) is 4.90 Å². The van der Waals surface area contributed by atoms with Crippen LogP contribution in [0.15, 0.2) is 0 Å². The Morgan fingerprint density at radius 3 is 2.60 bits per heavy atom. The van der Waals surface area contributed by atoms with Crippen LogP contribution >= 0.6 is 12.6 Å². The van der Waals surface area contributed by atoms with Crippen molar-refractivity contribution in [2.24, 2.45) is 0 Å². The van der Waals surface area contributed by atoms with E-state index in [-0.39, 0.29) is 5.88 Å². The highest BCUT2D eigenvalue weighted by Gasteiger charge is 2.46. The molecule has 0 aromatic heterocycles. The zero-order chi connectivity index (χ0) is 15.3. The summed E-state index contributed by atoms with van der Waals surface area (Å²) in [4.78, 5) is 13.0. The highest BCUT2D eigenvalue weighted by molar-refractivity contribution is 7.80. The number of hydrogen-bond donors (Lipinski definition) is 4. The molecule has 7 nitrogen and oxygen atoms in total. The van der Waals surface area contributed by atoms with Gasteiger partial charge in [0, 0.05) is 6.54 Å². The zero-order valence-corrected chi connectivity index (χ0v) is 11.9. The summed E-state index contributed by atoms with van der Waals surface area (Å²) in [7, 11) is 0. The van der Waals surface area contributed by atoms with Crippen LogP contribution in [0.1, 0.15) is 13.3 Å². The minimum atomic E-state index is -2.10. The summed E-state index contributed by atoms with van der Waals surface area (Å²) >= 11 is 3.96. The predicted molar refractivity (Wildman–Crippen MR) is 70.0 cm³/mol. The number of rotatable bonds is 5. The summed E-state index contributed by atoms with van der Waals surface area (Å²) in [5.74, 6) is 0.0882. The number of alkyl halides is 1. The van der Waals surface area contributed by atoms with Crippen LogP contribution < -0.4 is 0 Å². The molecule has 0 bridgehead atoms. The van der Waals surface area contributed by atoms with Crippen LogP contribution in [0.2, 0.25) is 0 Å². The van der Waals surface area contributed by atoms with Crippen LogP contribution in [0.3, 0.4) is 0 Å². The van der Waals surface area contributed by atoms with Crippen molar-refractivity contribution in [3.05, 3.63) is 0 Å². The van der Waals surface area contributed by atoms with Gasteiger partial charge >= 0.3 is 6.09 Å². The lowest BCUT2D eigenvalue weighted by molar-refractivity contribution is -0.271. The van der Waals surface area contributed by atoms with Gasteiger partial charge in [-0.1, -0.05) is 6.92 Å². The Kier molecular flexibility index (Phi) is 6.96. The summed E-state index contributed by atoms with van der Waals surface area (Å²) < 4.78 is 23.5. The van der Waals surface area contributed by atoms with Gasteiger partial charge in [-0.3, -0.25) is 4.90 Å². The number of nitrogens with zero attached hydrogens (tertiary/aromatic N) is 1. The van der Waals surface area contributed by atoms with Crippen molar-refractivity contribution in [1.82, 2.24) is 4.90 Å². The monoisotopic (exact) mass is 313 g/mol. The molecule has 118 valence electrons. The molecule has 1 aliphatic heterocycles. The number of amides is 1. The van der Waals surface area contributed by atoms with Crippen LogP contribution in [0, 0.1) is 0 Å². The number of thiol groups is 1. The summed E-state index contributed by atoms with van der Waals surface area (Å²) in [6.45, 7) is 1.59. The number of ether oxygens (including phenoxy) is 2. The lowest BCUT2D eigenvalue weighted by Gasteiger charge is -2.38. The first kappa shape index (κ1) is 17.4. The highest BCUT2D eigenvalue weighted by Crippen LogP contribution is 2.24. The van der Waals surface area contributed by atoms with Gasteiger partial charge in [-0.2, -0.15) is 12.6 Å². The second kappa shape index (κ2) is 7.99. The Morgan fingerprint density at radius 1 is 1.45 bits per heavy atom. The average Bonchev–Trinajstić information content (AvgIpc) is 2.45. The van der Waals surface area contributed by atoms with Gasteiger partial charge in [-0.25, -0.2) is 9.18 Å². The maximum Gasteiger partial charge on any atom is 0.412 e. The number of halogens is 1. The van der Waals surface area contributed by atoms with Gasteiger partial charge in [0.05, 0.1) is 12.5 Å². The van der Waals surface area contributed by atoms with Gasteiger partial charge in [0.25, 0.3) is 0 Å². The molecule has 1 heterocycles. The number of carbonyl (C=O) groups is 1. The largest absolute Gasteiger partial charge is 0.416 e. The van der Waals surface area contributed by atoms with E-state index in [1.54, 1.807) is 0 Å². The normalized spacial score (nSPS) is 33.8. The molecule has 1 fully saturated rings. The molecule has 5 atom stereocenters. The van der Waals surface area contributed by atoms with E-state index < -0.39 is 43.5 Å². The number of hydrogen-bond acceptors (Lipinski definition) is 7. The Bertz CT molecular complexity index is 321. The zero-order valence-electron chi connectivity index (χ0n) is 11.1. The Balaban J connectivity index is 2.67. The van der Waals surface area contributed by atoms with Crippen LogP contribution in [0.25, 0.3) is 0 Å². The minimum absolute atomic E-state index is 0.0882. The van der Waals surface area contributed by atoms with Crippen molar-refractivity contribution >= 4 is 18.7 Å². The number of carbonyl (C=O) groups excluding carboxylic acids is 1. The van der Waals surface area contributed by atoms with Gasteiger partial charge in [0.2, 0.25) is 6.29 Å². The molecule has 0 aromatic carbocycles. The summed E-state index contributed by atoms with van der Waals surface area (Å²) in [5, 5.41) is 27.9. The smallest absolute Gasteiger partial charge is 0.412 e. The van der Waals surface area contributed by atoms with Crippen LogP contribution in [-0.4, -0.2) is 76.1 Å². The molecule has 1 amide bonds. The third-order valence-corrected chi connectivity index (χ3v) is 3.29. The third-order valence-electron chi connectivity index (χ3n) is 2.95. The molecular weight excluding hydrogens is 293 g/mol. The first-order valence-electron chi connectivity index (χ1n) is 6.29. The lowest BCUT2D eigenvalue weighted by Crippen LogP contribution is -2.58. The van der Waals surface area contributed by atoms with Crippen LogP contribution in [0.4, 0.5) is 9.18 Å². The molecule has 0 radical (unpaired) electrons. The van der Waals surface area contributed by atoms with Crippen molar-refractivity contribution in [3.63, 3.8) is 0 Å². The predicted octanol–water partition coefficient (Wildman–Crippen LogP) is -0.501. The standard InChI is InChI=1S/C11H20FNO6S/c1-2-3-13(5-20)11(17)19-10-7(12)9(16)8(15)6(4-14)18-10/h6-10,14-16,20H,2-5H2,1H3/t6-,7-,8-,9-,10+/m1/s1. The minimum Gasteiger partial charge on any atom is -0.416 e. The summed E-state index contributed by atoms with van der Waals surface area (Å²) in [5.41, 5.74) is 0. The van der Waals surface area contributed by atoms with E-state index in [0.717, 1.165) is 0 Å². The average molecular weight is 313 g/mol. The number of aliphatic hydroxyl groups is 3. The molecule has 3 N–H and O–H groups in total. The summed E-state index contributed by atoms with van der Waals surface area (Å²) in [6.07, 6.45) is -8.55. The quantitative estimate of drug-likeness (QED) is 0.403. The molecule has 0 spiro atoms. The molecule has 1 rings (SSSR count). The van der Waals surface area contributed by atoms with Gasteiger partial charge in [0.1, 0.15) is 18.3 Å².